The second kappa shape index (κ2) is 6.92. The highest BCUT2D eigenvalue weighted by atomic mass is 16.6. The highest BCUT2D eigenvalue weighted by Gasteiger charge is 2.33. The van der Waals surface area contributed by atoms with E-state index in [0.717, 1.165) is 5.56 Å². The third-order valence-corrected chi connectivity index (χ3v) is 3.43. The van der Waals surface area contributed by atoms with E-state index < -0.39 is 11.7 Å². The molecule has 1 aliphatic rings. The van der Waals surface area contributed by atoms with E-state index in [4.69, 9.17) is 4.74 Å². The summed E-state index contributed by atoms with van der Waals surface area (Å²) in [5.74, 6) is 0.0728. The number of benzene rings is 1. The molecular formula is C17H24N2O3. The van der Waals surface area contributed by atoms with Crippen molar-refractivity contribution in [1.82, 2.24) is 10.2 Å². The maximum Gasteiger partial charge on any atom is 0.411 e. The van der Waals surface area contributed by atoms with Gasteiger partial charge in [-0.15, -0.1) is 0 Å². The molecule has 1 aliphatic heterocycles. The predicted molar refractivity (Wildman–Crippen MR) is 84.3 cm³/mol. The van der Waals surface area contributed by atoms with Crippen molar-refractivity contribution in [3.63, 3.8) is 0 Å². The lowest BCUT2D eigenvalue weighted by atomic mass is 10.1. The van der Waals surface area contributed by atoms with Crippen LogP contribution in [-0.4, -0.2) is 35.1 Å². The summed E-state index contributed by atoms with van der Waals surface area (Å²) >= 11 is 0. The molecule has 1 N–H and O–H groups in total. The number of carbonyl (C=O) groups is 2. The molecule has 1 aromatic rings. The van der Waals surface area contributed by atoms with Crippen molar-refractivity contribution in [2.45, 2.75) is 51.9 Å². The zero-order valence-corrected chi connectivity index (χ0v) is 13.5. The molecule has 0 spiro atoms. The van der Waals surface area contributed by atoms with Gasteiger partial charge in [0.1, 0.15) is 5.60 Å². The van der Waals surface area contributed by atoms with Crippen molar-refractivity contribution in [3.8, 4) is 0 Å². The largest absolute Gasteiger partial charge is 0.444 e. The molecular weight excluding hydrogens is 280 g/mol. The van der Waals surface area contributed by atoms with Crippen molar-refractivity contribution in [2.75, 3.05) is 6.54 Å². The Kier molecular flexibility index (Phi) is 5.19. The lowest BCUT2D eigenvalue weighted by Crippen LogP contribution is -2.54. The minimum absolute atomic E-state index is 0.0728. The quantitative estimate of drug-likeness (QED) is 0.933. The molecule has 22 heavy (non-hydrogen) atoms. The van der Waals surface area contributed by atoms with Gasteiger partial charge in [0.2, 0.25) is 0 Å². The van der Waals surface area contributed by atoms with E-state index in [-0.39, 0.29) is 18.5 Å². The second-order valence-corrected chi connectivity index (χ2v) is 6.57. The number of piperidine rings is 1. The Hall–Kier alpha value is -1.88. The van der Waals surface area contributed by atoms with Crippen LogP contribution in [0.4, 0.5) is 4.79 Å². The van der Waals surface area contributed by atoms with E-state index in [0.29, 0.717) is 19.4 Å². The molecule has 0 saturated carbocycles. The first-order valence-corrected chi connectivity index (χ1v) is 7.64. The summed E-state index contributed by atoms with van der Waals surface area (Å²) < 4.78 is 5.40. The Morgan fingerprint density at radius 3 is 2.64 bits per heavy atom. The number of rotatable bonds is 3. The van der Waals surface area contributed by atoms with Gasteiger partial charge < -0.3 is 4.74 Å². The lowest BCUT2D eigenvalue weighted by molar-refractivity contribution is -0.124. The monoisotopic (exact) mass is 304 g/mol. The van der Waals surface area contributed by atoms with Gasteiger partial charge in [0.25, 0.3) is 0 Å². The first-order chi connectivity index (χ1) is 10.3. The molecule has 0 aliphatic carbocycles. The molecule has 1 heterocycles. The number of carbonyl (C=O) groups excluding carboxylic acids is 2. The SMILES string of the molecule is CC(C)(C)OC(=O)N1CC(=O)CCC1NCc1ccccc1. The minimum Gasteiger partial charge on any atom is -0.444 e. The van der Waals surface area contributed by atoms with E-state index in [1.807, 2.05) is 51.1 Å². The molecule has 0 aromatic heterocycles. The third-order valence-electron chi connectivity index (χ3n) is 3.43. The van der Waals surface area contributed by atoms with Gasteiger partial charge in [0.05, 0.1) is 12.7 Å². The van der Waals surface area contributed by atoms with Gasteiger partial charge in [0.15, 0.2) is 5.78 Å². The van der Waals surface area contributed by atoms with Crippen molar-refractivity contribution < 1.29 is 14.3 Å². The van der Waals surface area contributed by atoms with Gasteiger partial charge >= 0.3 is 6.09 Å². The number of likely N-dealkylation sites (tertiary alicyclic amines) is 1. The molecule has 1 aromatic carbocycles. The number of Topliss-reactive ketones (excluding diaryl/α,β-unsaturated/α-hetero) is 1. The van der Waals surface area contributed by atoms with Crippen LogP contribution in [0.15, 0.2) is 30.3 Å². The van der Waals surface area contributed by atoms with Crippen molar-refractivity contribution >= 4 is 11.9 Å². The van der Waals surface area contributed by atoms with Crippen molar-refractivity contribution in [1.29, 1.82) is 0 Å². The number of ketones is 1. The van der Waals surface area contributed by atoms with Crippen LogP contribution in [0.3, 0.4) is 0 Å². The van der Waals surface area contributed by atoms with Crippen LogP contribution in [0.2, 0.25) is 0 Å². The smallest absolute Gasteiger partial charge is 0.411 e. The topological polar surface area (TPSA) is 58.6 Å². The molecule has 120 valence electrons. The Balaban J connectivity index is 2.00. The molecule has 2 rings (SSSR count). The molecule has 1 unspecified atom stereocenters. The van der Waals surface area contributed by atoms with E-state index in [1.165, 1.54) is 4.90 Å². The van der Waals surface area contributed by atoms with Crippen LogP contribution in [-0.2, 0) is 16.1 Å². The van der Waals surface area contributed by atoms with Gasteiger partial charge in [0, 0.05) is 13.0 Å². The zero-order valence-electron chi connectivity index (χ0n) is 13.5. The summed E-state index contributed by atoms with van der Waals surface area (Å²) in [4.78, 5) is 25.5. The van der Waals surface area contributed by atoms with Gasteiger partial charge in [-0.3, -0.25) is 15.0 Å². The lowest BCUT2D eigenvalue weighted by Gasteiger charge is -2.36. The van der Waals surface area contributed by atoms with Crippen LogP contribution in [0.25, 0.3) is 0 Å². The fourth-order valence-corrected chi connectivity index (χ4v) is 2.39. The maximum absolute atomic E-state index is 12.3. The van der Waals surface area contributed by atoms with E-state index in [9.17, 15) is 9.59 Å². The Bertz CT molecular complexity index is 522. The summed E-state index contributed by atoms with van der Waals surface area (Å²) in [6.07, 6.45) is 0.496. The molecule has 1 atom stereocenters. The summed E-state index contributed by atoms with van der Waals surface area (Å²) in [5.41, 5.74) is 0.574. The standard InChI is InChI=1S/C17H24N2O3/c1-17(2,3)22-16(21)19-12-14(20)9-10-15(19)18-11-13-7-5-4-6-8-13/h4-8,15,18H,9-12H2,1-3H3. The second-order valence-electron chi connectivity index (χ2n) is 6.57. The Morgan fingerprint density at radius 2 is 2.00 bits per heavy atom. The first kappa shape index (κ1) is 16.5. The van der Waals surface area contributed by atoms with Crippen molar-refractivity contribution in [3.05, 3.63) is 35.9 Å². The fourth-order valence-electron chi connectivity index (χ4n) is 2.39. The number of hydrogen-bond donors (Lipinski definition) is 1. The molecule has 1 amide bonds. The molecule has 0 radical (unpaired) electrons. The molecule has 5 nitrogen and oxygen atoms in total. The first-order valence-electron chi connectivity index (χ1n) is 7.64. The maximum atomic E-state index is 12.3. The van der Waals surface area contributed by atoms with Crippen LogP contribution >= 0.6 is 0 Å². The van der Waals surface area contributed by atoms with E-state index >= 15 is 0 Å². The summed E-state index contributed by atoms with van der Waals surface area (Å²) in [6, 6.07) is 9.98. The molecule has 0 bridgehead atoms. The average Bonchev–Trinajstić information content (AvgIpc) is 2.45. The molecule has 5 heteroatoms. The average molecular weight is 304 g/mol. The van der Waals surface area contributed by atoms with Crippen LogP contribution in [0, 0.1) is 0 Å². The fraction of sp³-hybridized carbons (Fsp3) is 0.529. The van der Waals surface area contributed by atoms with E-state index in [2.05, 4.69) is 5.32 Å². The predicted octanol–water partition coefficient (Wildman–Crippen LogP) is 2.70. The van der Waals surface area contributed by atoms with Gasteiger partial charge in [-0.2, -0.15) is 0 Å². The Labute approximate surface area is 131 Å². The van der Waals surface area contributed by atoms with Crippen molar-refractivity contribution in [2.24, 2.45) is 0 Å². The summed E-state index contributed by atoms with van der Waals surface area (Å²) in [6.45, 7) is 6.23. The normalized spacial score (nSPS) is 19.1. The molecule has 1 fully saturated rings. The number of nitrogens with one attached hydrogen (secondary N) is 1. The zero-order chi connectivity index (χ0) is 16.2. The summed E-state index contributed by atoms with van der Waals surface area (Å²) in [5, 5.41) is 3.35. The van der Waals surface area contributed by atoms with Crippen LogP contribution < -0.4 is 5.32 Å². The Morgan fingerprint density at radius 1 is 1.32 bits per heavy atom. The minimum atomic E-state index is -0.568. The summed E-state index contributed by atoms with van der Waals surface area (Å²) in [7, 11) is 0. The highest BCUT2D eigenvalue weighted by Crippen LogP contribution is 2.18. The van der Waals surface area contributed by atoms with Gasteiger partial charge in [-0.05, 0) is 32.8 Å². The van der Waals surface area contributed by atoms with Gasteiger partial charge in [-0.25, -0.2) is 4.79 Å². The molecule has 1 saturated heterocycles. The number of amides is 1. The highest BCUT2D eigenvalue weighted by molar-refractivity contribution is 5.85. The van der Waals surface area contributed by atoms with Gasteiger partial charge in [-0.1, -0.05) is 30.3 Å². The van der Waals surface area contributed by atoms with Crippen LogP contribution in [0.1, 0.15) is 39.2 Å². The number of nitrogens with zero attached hydrogens (tertiary/aromatic N) is 1. The number of hydrogen-bond acceptors (Lipinski definition) is 4. The third kappa shape index (κ3) is 4.84. The van der Waals surface area contributed by atoms with Crippen LogP contribution in [0.5, 0.6) is 0 Å². The van der Waals surface area contributed by atoms with E-state index in [1.54, 1.807) is 0 Å². The number of ether oxygens (including phenoxy) is 1.